The van der Waals surface area contributed by atoms with Crippen LogP contribution in [0.25, 0.3) is 10.9 Å². The number of rotatable bonds is 16. The number of hydrogen-bond donors (Lipinski definition) is 6. The number of aromatic hydroxyl groups is 1. The van der Waals surface area contributed by atoms with Crippen molar-refractivity contribution in [1.82, 2.24) is 20.5 Å². The molecule has 0 radical (unpaired) electrons. The van der Waals surface area contributed by atoms with Gasteiger partial charge in [0.25, 0.3) is 5.91 Å². The van der Waals surface area contributed by atoms with E-state index in [-0.39, 0.29) is 35.9 Å². The third-order valence-corrected chi connectivity index (χ3v) is 9.49. The highest BCUT2D eigenvalue weighted by Gasteiger charge is 2.19. The number of aromatic nitrogens is 1. The smallest absolute Gasteiger partial charge is 0.405 e. The molecule has 6 rings (SSSR count). The summed E-state index contributed by atoms with van der Waals surface area (Å²) in [5.41, 5.74) is 5.64. The number of hydrogen-bond acceptors (Lipinski definition) is 7. The maximum Gasteiger partial charge on any atom is 0.405 e. The number of nitrogens with zero attached hydrogens (tertiary/aromatic N) is 1. The topological polar surface area (TPSA) is 164 Å². The van der Waals surface area contributed by atoms with Crippen LogP contribution in [-0.2, 0) is 13.2 Å². The van der Waals surface area contributed by atoms with Crippen molar-refractivity contribution in [3.05, 3.63) is 177 Å². The van der Waals surface area contributed by atoms with Gasteiger partial charge < -0.3 is 40.6 Å². The molecule has 11 heteroatoms. The van der Waals surface area contributed by atoms with Gasteiger partial charge in [-0.15, -0.1) is 0 Å². The van der Waals surface area contributed by atoms with Gasteiger partial charge in [-0.1, -0.05) is 84.9 Å². The molecule has 0 aliphatic heterocycles. The number of ether oxygens (including phenoxy) is 1. The zero-order chi connectivity index (χ0) is 38.7. The maximum atomic E-state index is 13.9. The largest absolute Gasteiger partial charge is 0.506 e. The molecule has 6 aromatic rings. The molecule has 0 fully saturated rings. The Morgan fingerprint density at radius 3 is 2.36 bits per heavy atom. The fourth-order valence-electron chi connectivity index (χ4n) is 6.54. The summed E-state index contributed by atoms with van der Waals surface area (Å²) in [7, 11) is 0. The van der Waals surface area contributed by atoms with Crippen molar-refractivity contribution in [1.29, 1.82) is 0 Å². The van der Waals surface area contributed by atoms with Crippen LogP contribution in [0, 0.1) is 6.92 Å². The van der Waals surface area contributed by atoms with Crippen molar-refractivity contribution in [2.75, 3.05) is 19.6 Å². The highest BCUT2D eigenvalue weighted by Crippen LogP contribution is 2.29. The van der Waals surface area contributed by atoms with E-state index >= 15 is 0 Å². The summed E-state index contributed by atoms with van der Waals surface area (Å²) in [5.74, 6) is 0.417. The minimum Gasteiger partial charge on any atom is -0.506 e. The highest BCUT2D eigenvalue weighted by molar-refractivity contribution is 5.94. The number of phenolic OH excluding ortho intramolecular Hbond substituents is 1. The van der Waals surface area contributed by atoms with Crippen molar-refractivity contribution >= 4 is 22.9 Å². The number of aromatic amines is 1. The Morgan fingerprint density at radius 1 is 0.855 bits per heavy atom. The third-order valence-electron chi connectivity index (χ3n) is 9.49. The second kappa shape index (κ2) is 18.1. The molecule has 5 aromatic carbocycles. The van der Waals surface area contributed by atoms with Gasteiger partial charge in [0.15, 0.2) is 0 Å². The van der Waals surface area contributed by atoms with Crippen molar-refractivity contribution in [2.45, 2.75) is 38.6 Å². The number of aryl methyl sites for hydroxylation is 1. The van der Waals surface area contributed by atoms with Gasteiger partial charge in [0.05, 0.1) is 17.7 Å². The Hall–Kier alpha value is -6.43. The van der Waals surface area contributed by atoms with E-state index in [0.717, 1.165) is 27.8 Å². The van der Waals surface area contributed by atoms with E-state index in [1.165, 1.54) is 12.1 Å². The van der Waals surface area contributed by atoms with E-state index in [2.05, 4.69) is 15.6 Å². The fraction of sp³-hybridized carbons (Fsp3) is 0.205. The Kier molecular flexibility index (Phi) is 12.6. The first-order chi connectivity index (χ1) is 26.7. The zero-order valence-corrected chi connectivity index (χ0v) is 30.4. The van der Waals surface area contributed by atoms with Crippen molar-refractivity contribution in [3.8, 4) is 11.5 Å². The second-order valence-corrected chi connectivity index (χ2v) is 13.4. The lowest BCUT2D eigenvalue weighted by atomic mass is 9.98. The zero-order valence-electron chi connectivity index (χ0n) is 30.4. The second-order valence-electron chi connectivity index (χ2n) is 13.4. The van der Waals surface area contributed by atoms with Crippen LogP contribution in [0.4, 0.5) is 4.79 Å². The van der Waals surface area contributed by atoms with Gasteiger partial charge in [-0.2, -0.15) is 0 Å². The number of aliphatic hydroxyl groups is 1. The SMILES string of the molecule is Cc1ccccc1CN(CCCNC[C@@H](O)c1ccc(O)c2[nH]c(=O)ccc12)C(=O)c1ccc(COc2cccc(C(NC(=O)O)c3ccccc3)c2)cc1. The number of aliphatic hydroxyl groups excluding tert-OH is 1. The molecule has 0 aliphatic rings. The maximum absolute atomic E-state index is 13.9. The molecule has 6 N–H and O–H groups in total. The van der Waals surface area contributed by atoms with Gasteiger partial charge in [-0.05, 0) is 89.7 Å². The number of carbonyl (C=O) groups is 2. The molecule has 11 nitrogen and oxygen atoms in total. The molecule has 1 unspecified atom stereocenters. The van der Waals surface area contributed by atoms with Crippen LogP contribution in [0.15, 0.2) is 132 Å². The standard InChI is InChI=1S/C44H44N4O7/c1-29-9-5-6-12-34(29)27-48(24-8-23-45-26-39(50)36-19-21-38(49)42-37(36)20-22-40(51)46-42)43(52)32-17-15-30(16-18-32)28-55-35-14-7-13-33(25-35)41(47-44(53)54)31-10-3-2-4-11-31/h2-7,9-22,25,39,41,45,47,49-50H,8,23-24,26-28H2,1H3,(H,46,51)(H,53,54)/t39-,41?/m1/s1. The normalized spacial score (nSPS) is 12.2. The van der Waals surface area contributed by atoms with Crippen LogP contribution in [0.5, 0.6) is 11.5 Å². The minimum absolute atomic E-state index is 0.0644. The summed E-state index contributed by atoms with van der Waals surface area (Å²) in [6.07, 6.45) is -1.38. The summed E-state index contributed by atoms with van der Waals surface area (Å²) in [5, 5.41) is 37.0. The van der Waals surface area contributed by atoms with Crippen LogP contribution in [0.3, 0.4) is 0 Å². The van der Waals surface area contributed by atoms with E-state index in [1.807, 2.05) is 103 Å². The van der Waals surface area contributed by atoms with E-state index < -0.39 is 18.2 Å². The molecule has 0 aliphatic carbocycles. The lowest BCUT2D eigenvalue weighted by Crippen LogP contribution is -2.34. The van der Waals surface area contributed by atoms with Crippen LogP contribution in [0.2, 0.25) is 0 Å². The molecule has 1 aromatic heterocycles. The summed E-state index contributed by atoms with van der Waals surface area (Å²) in [6, 6.07) is 37.5. The van der Waals surface area contributed by atoms with Gasteiger partial charge in [0.2, 0.25) is 5.56 Å². The summed E-state index contributed by atoms with van der Waals surface area (Å²) >= 11 is 0. The number of carboxylic acid groups (broad SMARTS) is 1. The van der Waals surface area contributed by atoms with E-state index in [0.29, 0.717) is 48.3 Å². The molecule has 0 spiro atoms. The van der Waals surface area contributed by atoms with Gasteiger partial charge >= 0.3 is 6.09 Å². The molecule has 0 bridgehead atoms. The summed E-state index contributed by atoms with van der Waals surface area (Å²) in [4.78, 5) is 41.7. The third kappa shape index (κ3) is 9.96. The molecule has 0 saturated heterocycles. The Labute approximate surface area is 318 Å². The first-order valence-corrected chi connectivity index (χ1v) is 18.1. The first-order valence-electron chi connectivity index (χ1n) is 18.1. The fourth-order valence-corrected chi connectivity index (χ4v) is 6.54. The van der Waals surface area contributed by atoms with Gasteiger partial charge in [0.1, 0.15) is 18.1 Å². The quantitative estimate of drug-likeness (QED) is 0.0588. The number of fused-ring (bicyclic) bond motifs is 1. The van der Waals surface area contributed by atoms with Gasteiger partial charge in [-0.25, -0.2) is 4.79 Å². The Bertz CT molecular complexity index is 2290. The van der Waals surface area contributed by atoms with Gasteiger partial charge in [0, 0.05) is 36.7 Å². The molecule has 1 heterocycles. The van der Waals surface area contributed by atoms with Crippen LogP contribution >= 0.6 is 0 Å². The predicted molar refractivity (Wildman–Crippen MR) is 211 cm³/mol. The molecular formula is C44H44N4O7. The number of pyridine rings is 1. The minimum atomic E-state index is -1.12. The predicted octanol–water partition coefficient (Wildman–Crippen LogP) is 6.83. The van der Waals surface area contributed by atoms with E-state index in [4.69, 9.17) is 4.74 Å². The molecule has 55 heavy (non-hydrogen) atoms. The average molecular weight is 741 g/mol. The lowest BCUT2D eigenvalue weighted by molar-refractivity contribution is 0.0740. The lowest BCUT2D eigenvalue weighted by Gasteiger charge is -2.24. The number of phenols is 1. The van der Waals surface area contributed by atoms with Crippen molar-refractivity contribution < 1.29 is 29.6 Å². The number of H-pyrrole nitrogens is 1. The molecule has 2 amide bonds. The molecule has 0 saturated carbocycles. The van der Waals surface area contributed by atoms with Crippen LogP contribution in [0.1, 0.15) is 62.3 Å². The van der Waals surface area contributed by atoms with Crippen molar-refractivity contribution in [2.24, 2.45) is 0 Å². The van der Waals surface area contributed by atoms with Crippen molar-refractivity contribution in [3.63, 3.8) is 0 Å². The average Bonchev–Trinajstić information content (AvgIpc) is 3.20. The monoisotopic (exact) mass is 740 g/mol. The van der Waals surface area contributed by atoms with Gasteiger partial charge in [-0.3, -0.25) is 9.59 Å². The number of amides is 2. The molecular weight excluding hydrogens is 697 g/mol. The Morgan fingerprint density at radius 2 is 1.60 bits per heavy atom. The van der Waals surface area contributed by atoms with E-state index in [9.17, 15) is 29.7 Å². The molecule has 2 atom stereocenters. The summed E-state index contributed by atoms with van der Waals surface area (Å²) in [6.45, 7) is 3.97. The number of benzene rings is 5. The van der Waals surface area contributed by atoms with Crippen LogP contribution < -0.4 is 20.9 Å². The summed E-state index contributed by atoms with van der Waals surface area (Å²) < 4.78 is 6.10. The van der Waals surface area contributed by atoms with E-state index in [1.54, 1.807) is 24.3 Å². The number of carbonyl (C=O) groups excluding carboxylic acids is 1. The number of nitrogens with one attached hydrogen (secondary N) is 3. The van der Waals surface area contributed by atoms with Crippen LogP contribution in [-0.4, -0.2) is 56.8 Å². The molecule has 282 valence electrons. The highest BCUT2D eigenvalue weighted by atomic mass is 16.5. The Balaban J connectivity index is 1.07. The first kappa shape index (κ1) is 38.3.